The lowest BCUT2D eigenvalue weighted by molar-refractivity contribution is 0.0691. The van der Waals surface area contributed by atoms with Crippen molar-refractivity contribution in [3.05, 3.63) is 74.7 Å². The molecule has 2 aromatic carbocycles. The number of benzene rings is 2. The number of unbranched alkanes of at least 4 members (excludes halogenated alkanes) is 1. The zero-order valence-corrected chi connectivity index (χ0v) is 19.6. The molecule has 0 aliphatic carbocycles. The van der Waals surface area contributed by atoms with E-state index in [1.807, 2.05) is 36.4 Å². The largest absolute Gasteiger partial charge is 0.476 e. The average molecular weight is 513 g/mol. The van der Waals surface area contributed by atoms with E-state index in [0.29, 0.717) is 41.3 Å². The molecule has 0 unspecified atom stereocenters. The monoisotopic (exact) mass is 511 g/mol. The summed E-state index contributed by atoms with van der Waals surface area (Å²) in [7, 11) is 0. The quantitative estimate of drug-likeness (QED) is 0.298. The van der Waals surface area contributed by atoms with Gasteiger partial charge in [0.1, 0.15) is 16.6 Å². The molecule has 0 aliphatic rings. The highest BCUT2D eigenvalue weighted by molar-refractivity contribution is 9.10. The number of aromatic nitrogens is 2. The smallest absolute Gasteiger partial charge is 0.357 e. The van der Waals surface area contributed by atoms with Crippen LogP contribution >= 0.6 is 27.5 Å². The van der Waals surface area contributed by atoms with Gasteiger partial charge in [0.05, 0.1) is 22.7 Å². The van der Waals surface area contributed by atoms with Gasteiger partial charge in [0.25, 0.3) is 0 Å². The molecule has 32 heavy (non-hydrogen) atoms. The summed E-state index contributed by atoms with van der Waals surface area (Å²) in [6.45, 7) is 2.45. The molecule has 4 aromatic rings. The van der Waals surface area contributed by atoms with E-state index in [2.05, 4.69) is 33.9 Å². The van der Waals surface area contributed by atoms with Crippen molar-refractivity contribution < 1.29 is 14.3 Å². The van der Waals surface area contributed by atoms with E-state index in [1.165, 1.54) is 0 Å². The fourth-order valence-electron chi connectivity index (χ4n) is 3.65. The minimum Gasteiger partial charge on any atom is -0.476 e. The summed E-state index contributed by atoms with van der Waals surface area (Å²) >= 11 is 10.0. The maximum atomic E-state index is 11.5. The predicted molar refractivity (Wildman–Crippen MR) is 126 cm³/mol. The number of imidazole rings is 1. The Morgan fingerprint density at radius 1 is 1.31 bits per heavy atom. The minimum atomic E-state index is -1.14. The number of carbonyl (C=O) groups is 1. The first-order valence-corrected chi connectivity index (χ1v) is 11.3. The molecule has 2 heterocycles. The lowest BCUT2D eigenvalue weighted by Gasteiger charge is -2.09. The van der Waals surface area contributed by atoms with Crippen molar-refractivity contribution in [1.82, 2.24) is 9.55 Å². The molecule has 0 atom stereocenters. The first-order valence-electron chi connectivity index (χ1n) is 10.1. The van der Waals surface area contributed by atoms with E-state index < -0.39 is 5.97 Å². The van der Waals surface area contributed by atoms with E-state index in [9.17, 15) is 15.2 Å². The van der Waals surface area contributed by atoms with Crippen LogP contribution in [0.15, 0.2) is 51.4 Å². The Morgan fingerprint density at radius 2 is 2.09 bits per heavy atom. The van der Waals surface area contributed by atoms with Crippen molar-refractivity contribution in [2.45, 2.75) is 32.7 Å². The zero-order valence-electron chi connectivity index (χ0n) is 17.2. The van der Waals surface area contributed by atoms with Crippen LogP contribution < -0.4 is 0 Å². The number of aromatic carboxylic acids is 1. The Hall–Kier alpha value is -3.08. The minimum absolute atomic E-state index is 0.124. The number of hydrogen-bond donors (Lipinski definition) is 1. The third-order valence-electron chi connectivity index (χ3n) is 5.27. The van der Waals surface area contributed by atoms with Gasteiger partial charge in [0, 0.05) is 17.4 Å². The molecule has 0 fully saturated rings. The Morgan fingerprint density at radius 3 is 2.81 bits per heavy atom. The topological polar surface area (TPSA) is 92.0 Å². The van der Waals surface area contributed by atoms with Crippen molar-refractivity contribution in [3.63, 3.8) is 0 Å². The molecule has 0 saturated carbocycles. The maximum Gasteiger partial charge on any atom is 0.357 e. The number of fused-ring (bicyclic) bond motifs is 1. The van der Waals surface area contributed by atoms with Crippen molar-refractivity contribution >= 4 is 44.5 Å². The van der Waals surface area contributed by atoms with Crippen LogP contribution in [-0.2, 0) is 13.0 Å². The van der Waals surface area contributed by atoms with E-state index >= 15 is 0 Å². The molecule has 0 spiro atoms. The fourth-order valence-corrected chi connectivity index (χ4v) is 4.53. The number of halogens is 2. The van der Waals surface area contributed by atoms with E-state index in [0.717, 1.165) is 28.3 Å². The standard InChI is InChI=1S/C24H19BrClN3O3/c1-2-3-8-19-28-21(24(30)31)23(26)29(19)13-14-9-10-18-17(11-14)20(25)22(32-18)16-7-5-4-6-15(16)12-27/h4-7,9-11H,2-3,8,13H2,1H3,(H,30,31). The Bertz CT molecular complexity index is 1370. The number of furan rings is 1. The van der Waals surface area contributed by atoms with Crippen LogP contribution in [-0.4, -0.2) is 20.6 Å². The number of nitriles is 1. The van der Waals surface area contributed by atoms with Gasteiger partial charge in [-0.05, 0) is 52.2 Å². The summed E-state index contributed by atoms with van der Waals surface area (Å²) < 4.78 is 8.56. The van der Waals surface area contributed by atoms with Gasteiger partial charge in [-0.25, -0.2) is 9.78 Å². The summed E-state index contributed by atoms with van der Waals surface area (Å²) in [6.07, 6.45) is 2.50. The molecule has 1 N–H and O–H groups in total. The lowest BCUT2D eigenvalue weighted by atomic mass is 10.1. The molecule has 162 valence electrons. The second-order valence-electron chi connectivity index (χ2n) is 7.40. The van der Waals surface area contributed by atoms with E-state index in [-0.39, 0.29) is 10.8 Å². The van der Waals surface area contributed by atoms with Crippen molar-refractivity contribution in [2.24, 2.45) is 0 Å². The Kier molecular flexibility index (Phi) is 6.35. The van der Waals surface area contributed by atoms with Gasteiger partial charge in [-0.3, -0.25) is 0 Å². The van der Waals surface area contributed by atoms with Crippen molar-refractivity contribution in [3.8, 4) is 17.4 Å². The van der Waals surface area contributed by atoms with Gasteiger partial charge < -0.3 is 14.1 Å². The van der Waals surface area contributed by atoms with Crippen LogP contribution in [0.4, 0.5) is 0 Å². The van der Waals surface area contributed by atoms with Crippen LogP contribution in [0.1, 0.15) is 47.2 Å². The number of rotatable bonds is 7. The average Bonchev–Trinajstić information content (AvgIpc) is 3.29. The van der Waals surface area contributed by atoms with Gasteiger partial charge in [0.15, 0.2) is 11.5 Å². The SMILES string of the molecule is CCCCc1nc(C(=O)O)c(Cl)n1Cc1ccc2oc(-c3ccccc3C#N)c(Br)c2c1. The first kappa shape index (κ1) is 22.1. The third kappa shape index (κ3) is 4.04. The van der Waals surface area contributed by atoms with E-state index in [4.69, 9.17) is 16.0 Å². The highest BCUT2D eigenvalue weighted by Gasteiger charge is 2.21. The summed E-state index contributed by atoms with van der Waals surface area (Å²) in [4.78, 5) is 15.8. The van der Waals surface area contributed by atoms with Gasteiger partial charge >= 0.3 is 5.97 Å². The van der Waals surface area contributed by atoms with Crippen molar-refractivity contribution in [1.29, 1.82) is 5.26 Å². The molecular weight excluding hydrogens is 494 g/mol. The number of carboxylic acids is 1. The van der Waals surface area contributed by atoms with Gasteiger partial charge in [0.2, 0.25) is 0 Å². The molecule has 0 bridgehead atoms. The molecular formula is C24H19BrClN3O3. The van der Waals surface area contributed by atoms with Crippen LogP contribution in [0, 0.1) is 11.3 Å². The van der Waals surface area contributed by atoms with Crippen molar-refractivity contribution in [2.75, 3.05) is 0 Å². The molecule has 0 aliphatic heterocycles. The third-order valence-corrected chi connectivity index (χ3v) is 6.44. The van der Waals surface area contributed by atoms with Crippen LogP contribution in [0.2, 0.25) is 5.15 Å². The second-order valence-corrected chi connectivity index (χ2v) is 8.55. The fraction of sp³-hybridized carbons (Fsp3) is 0.208. The highest BCUT2D eigenvalue weighted by Crippen LogP contribution is 2.39. The summed E-state index contributed by atoms with van der Waals surface area (Å²) in [5.41, 5.74) is 2.72. The molecule has 6 nitrogen and oxygen atoms in total. The molecule has 0 radical (unpaired) electrons. The number of hydrogen-bond acceptors (Lipinski definition) is 4. The summed E-state index contributed by atoms with van der Waals surface area (Å²) in [5, 5.41) is 19.8. The molecule has 8 heteroatoms. The van der Waals surface area contributed by atoms with Gasteiger partial charge in [-0.15, -0.1) is 0 Å². The number of carboxylic acid groups (broad SMARTS) is 1. The second kappa shape index (κ2) is 9.19. The van der Waals surface area contributed by atoms with Crippen LogP contribution in [0.3, 0.4) is 0 Å². The van der Waals surface area contributed by atoms with Crippen LogP contribution in [0.25, 0.3) is 22.3 Å². The number of aryl methyl sites for hydroxylation is 1. The van der Waals surface area contributed by atoms with Gasteiger partial charge in [-0.1, -0.05) is 43.1 Å². The normalized spacial score (nSPS) is 11.1. The Balaban J connectivity index is 1.75. The molecule has 0 amide bonds. The molecule has 0 saturated heterocycles. The molecule has 4 rings (SSSR count). The predicted octanol–water partition coefficient (Wildman–Crippen LogP) is 6.67. The summed E-state index contributed by atoms with van der Waals surface area (Å²) in [5.74, 6) is 0.108. The lowest BCUT2D eigenvalue weighted by Crippen LogP contribution is -2.06. The van der Waals surface area contributed by atoms with Gasteiger partial charge in [-0.2, -0.15) is 5.26 Å². The maximum absolute atomic E-state index is 11.5. The number of nitrogens with zero attached hydrogens (tertiary/aromatic N) is 3. The molecule has 2 aromatic heterocycles. The zero-order chi connectivity index (χ0) is 22.8. The first-order chi connectivity index (χ1) is 15.4. The van der Waals surface area contributed by atoms with Crippen LogP contribution in [0.5, 0.6) is 0 Å². The van der Waals surface area contributed by atoms with E-state index in [1.54, 1.807) is 10.6 Å². The highest BCUT2D eigenvalue weighted by atomic mass is 79.9. The summed E-state index contributed by atoms with van der Waals surface area (Å²) in [6, 6.07) is 15.2. The Labute approximate surface area is 198 Å².